The van der Waals surface area contributed by atoms with Crippen LogP contribution in [0.15, 0.2) is 18.2 Å². The van der Waals surface area contributed by atoms with Crippen LogP contribution in [0.25, 0.3) is 0 Å². The van der Waals surface area contributed by atoms with Crippen molar-refractivity contribution < 1.29 is 24.2 Å². The molecular weight excluding hydrogens is 274 g/mol. The predicted octanol–water partition coefficient (Wildman–Crippen LogP) is 1.42. The van der Waals surface area contributed by atoms with Crippen molar-refractivity contribution in [3.05, 3.63) is 23.8 Å². The lowest BCUT2D eigenvalue weighted by Crippen LogP contribution is -2.40. The first-order valence-electron chi connectivity index (χ1n) is 7.06. The fraction of sp³-hybridized carbons (Fsp3) is 0.467. The summed E-state index contributed by atoms with van der Waals surface area (Å²) in [5, 5.41) is 9.10. The molecular formula is C15H17NO5. The molecule has 0 aromatic heterocycles. The van der Waals surface area contributed by atoms with Gasteiger partial charge in [0.1, 0.15) is 6.04 Å². The number of likely N-dealkylation sites (tertiary alicyclic amines) is 1. The Balaban J connectivity index is 1.60. The highest BCUT2D eigenvalue weighted by molar-refractivity contribution is 5.84. The van der Waals surface area contributed by atoms with E-state index in [1.807, 2.05) is 18.2 Å². The standard InChI is InChI=1S/C15H17NO5/c17-14(16-7-1-2-11(16)15(18)19)6-4-10-3-5-12-13(8-10)21-9-20-12/h3,5,8,11H,1-2,4,6-7,9H2,(H,18,19). The summed E-state index contributed by atoms with van der Waals surface area (Å²) in [7, 11) is 0. The monoisotopic (exact) mass is 291 g/mol. The Bertz CT molecular complexity index is 571. The molecule has 1 unspecified atom stereocenters. The number of rotatable bonds is 4. The number of aliphatic carboxylic acids is 1. The van der Waals surface area contributed by atoms with Gasteiger partial charge in [-0.15, -0.1) is 0 Å². The minimum atomic E-state index is -0.913. The smallest absolute Gasteiger partial charge is 0.326 e. The van der Waals surface area contributed by atoms with Crippen molar-refractivity contribution in [3.63, 3.8) is 0 Å². The lowest BCUT2D eigenvalue weighted by atomic mass is 10.1. The van der Waals surface area contributed by atoms with Gasteiger partial charge in [0.25, 0.3) is 0 Å². The van der Waals surface area contributed by atoms with E-state index in [1.54, 1.807) is 0 Å². The second-order valence-corrected chi connectivity index (χ2v) is 5.27. The number of carboxylic acids is 1. The largest absolute Gasteiger partial charge is 0.480 e. The van der Waals surface area contributed by atoms with E-state index >= 15 is 0 Å². The molecule has 1 atom stereocenters. The van der Waals surface area contributed by atoms with E-state index in [9.17, 15) is 9.59 Å². The minimum Gasteiger partial charge on any atom is -0.480 e. The van der Waals surface area contributed by atoms with E-state index in [0.29, 0.717) is 31.6 Å². The number of hydrogen-bond acceptors (Lipinski definition) is 4. The third kappa shape index (κ3) is 2.79. The zero-order valence-corrected chi connectivity index (χ0v) is 11.6. The van der Waals surface area contributed by atoms with Crippen LogP contribution in [-0.4, -0.2) is 41.3 Å². The van der Waals surface area contributed by atoms with Crippen LogP contribution in [0.3, 0.4) is 0 Å². The highest BCUT2D eigenvalue weighted by Crippen LogP contribution is 2.32. The number of carbonyl (C=O) groups excluding carboxylic acids is 1. The molecule has 2 heterocycles. The maximum atomic E-state index is 12.2. The lowest BCUT2D eigenvalue weighted by molar-refractivity contribution is -0.148. The summed E-state index contributed by atoms with van der Waals surface area (Å²) < 4.78 is 10.5. The van der Waals surface area contributed by atoms with Crippen molar-refractivity contribution in [2.24, 2.45) is 0 Å². The van der Waals surface area contributed by atoms with Gasteiger partial charge in [-0.25, -0.2) is 4.79 Å². The minimum absolute atomic E-state index is 0.0995. The zero-order valence-electron chi connectivity index (χ0n) is 11.6. The molecule has 2 aliphatic rings. The Morgan fingerprint density at radius 3 is 2.90 bits per heavy atom. The van der Waals surface area contributed by atoms with E-state index in [2.05, 4.69) is 0 Å². The third-order valence-electron chi connectivity index (χ3n) is 3.92. The summed E-state index contributed by atoms with van der Waals surface area (Å²) in [4.78, 5) is 24.7. The maximum absolute atomic E-state index is 12.2. The summed E-state index contributed by atoms with van der Waals surface area (Å²) in [6.07, 6.45) is 2.18. The highest BCUT2D eigenvalue weighted by Gasteiger charge is 2.33. The normalized spacial score (nSPS) is 19.8. The number of aryl methyl sites for hydroxylation is 1. The van der Waals surface area contributed by atoms with Crippen LogP contribution in [0.1, 0.15) is 24.8 Å². The molecule has 6 nitrogen and oxygen atoms in total. The van der Waals surface area contributed by atoms with Crippen LogP contribution in [0.2, 0.25) is 0 Å². The van der Waals surface area contributed by atoms with Gasteiger partial charge in [0, 0.05) is 13.0 Å². The lowest BCUT2D eigenvalue weighted by Gasteiger charge is -2.21. The first kappa shape index (κ1) is 13.7. The maximum Gasteiger partial charge on any atom is 0.326 e. The summed E-state index contributed by atoms with van der Waals surface area (Å²) in [5.74, 6) is 0.404. The van der Waals surface area contributed by atoms with E-state index < -0.39 is 12.0 Å². The van der Waals surface area contributed by atoms with Crippen LogP contribution in [0.5, 0.6) is 11.5 Å². The molecule has 1 aromatic rings. The van der Waals surface area contributed by atoms with Crippen LogP contribution >= 0.6 is 0 Å². The molecule has 1 amide bonds. The van der Waals surface area contributed by atoms with Crippen molar-refractivity contribution in [3.8, 4) is 11.5 Å². The van der Waals surface area contributed by atoms with Crippen molar-refractivity contribution in [2.45, 2.75) is 31.7 Å². The molecule has 0 spiro atoms. The molecule has 0 aliphatic carbocycles. The van der Waals surface area contributed by atoms with Crippen molar-refractivity contribution >= 4 is 11.9 Å². The molecule has 1 saturated heterocycles. The topological polar surface area (TPSA) is 76.1 Å². The summed E-state index contributed by atoms with van der Waals surface area (Å²) >= 11 is 0. The van der Waals surface area contributed by atoms with Gasteiger partial charge in [-0.05, 0) is 37.0 Å². The van der Waals surface area contributed by atoms with Gasteiger partial charge in [-0.2, -0.15) is 0 Å². The Morgan fingerprint density at radius 1 is 1.29 bits per heavy atom. The van der Waals surface area contributed by atoms with Crippen molar-refractivity contribution in [2.75, 3.05) is 13.3 Å². The molecule has 112 valence electrons. The number of fused-ring (bicyclic) bond motifs is 1. The summed E-state index contributed by atoms with van der Waals surface area (Å²) in [6.45, 7) is 0.767. The number of hydrogen-bond donors (Lipinski definition) is 1. The zero-order chi connectivity index (χ0) is 14.8. The number of benzene rings is 1. The molecule has 0 radical (unpaired) electrons. The summed E-state index contributed by atoms with van der Waals surface area (Å²) in [6, 6.07) is 4.94. The van der Waals surface area contributed by atoms with Gasteiger partial charge in [-0.1, -0.05) is 6.07 Å². The predicted molar refractivity (Wildman–Crippen MR) is 73.3 cm³/mol. The SMILES string of the molecule is O=C(O)C1CCCN1C(=O)CCc1ccc2c(c1)OCO2. The van der Waals surface area contributed by atoms with Gasteiger partial charge in [0.15, 0.2) is 11.5 Å². The van der Waals surface area contributed by atoms with Crippen molar-refractivity contribution in [1.29, 1.82) is 0 Å². The van der Waals surface area contributed by atoms with Gasteiger partial charge < -0.3 is 19.5 Å². The van der Waals surface area contributed by atoms with Crippen LogP contribution in [0, 0.1) is 0 Å². The van der Waals surface area contributed by atoms with Crippen molar-refractivity contribution in [1.82, 2.24) is 4.90 Å². The Labute approximate surface area is 122 Å². The van der Waals surface area contributed by atoms with Crippen LogP contribution < -0.4 is 9.47 Å². The molecule has 0 saturated carbocycles. The van der Waals surface area contributed by atoms with E-state index in [0.717, 1.165) is 17.7 Å². The van der Waals surface area contributed by atoms with Gasteiger partial charge in [0.2, 0.25) is 12.7 Å². The quantitative estimate of drug-likeness (QED) is 0.908. The van der Waals surface area contributed by atoms with Gasteiger partial charge in [-0.3, -0.25) is 4.79 Å². The molecule has 21 heavy (non-hydrogen) atoms. The van der Waals surface area contributed by atoms with E-state index in [1.165, 1.54) is 4.90 Å². The molecule has 6 heteroatoms. The first-order valence-corrected chi connectivity index (χ1v) is 7.06. The molecule has 1 N–H and O–H groups in total. The van der Waals surface area contributed by atoms with Gasteiger partial charge >= 0.3 is 5.97 Å². The van der Waals surface area contributed by atoms with E-state index in [-0.39, 0.29) is 12.7 Å². The molecule has 3 rings (SSSR count). The second-order valence-electron chi connectivity index (χ2n) is 5.27. The number of carboxylic acid groups (broad SMARTS) is 1. The first-order chi connectivity index (χ1) is 10.1. The molecule has 1 aromatic carbocycles. The Hall–Kier alpha value is -2.24. The second kappa shape index (κ2) is 5.63. The fourth-order valence-corrected chi connectivity index (χ4v) is 2.81. The van der Waals surface area contributed by atoms with Gasteiger partial charge in [0.05, 0.1) is 0 Å². The number of ether oxygens (including phenoxy) is 2. The van der Waals surface area contributed by atoms with Crippen LogP contribution in [-0.2, 0) is 16.0 Å². The number of nitrogens with zero attached hydrogens (tertiary/aromatic N) is 1. The average molecular weight is 291 g/mol. The number of carbonyl (C=O) groups is 2. The molecule has 0 bridgehead atoms. The van der Waals surface area contributed by atoms with Crippen LogP contribution in [0.4, 0.5) is 0 Å². The summed E-state index contributed by atoms with van der Waals surface area (Å²) in [5.41, 5.74) is 0.985. The molecule has 2 aliphatic heterocycles. The Kier molecular flexibility index (Phi) is 3.68. The highest BCUT2D eigenvalue weighted by atomic mass is 16.7. The van der Waals surface area contributed by atoms with E-state index in [4.69, 9.17) is 14.6 Å². The Morgan fingerprint density at radius 2 is 2.10 bits per heavy atom. The molecule has 1 fully saturated rings. The number of amides is 1. The fourth-order valence-electron chi connectivity index (χ4n) is 2.81. The average Bonchev–Trinajstić information content (AvgIpc) is 3.12. The third-order valence-corrected chi connectivity index (χ3v) is 3.92.